The number of cyclic esters (lactones) is 2. The van der Waals surface area contributed by atoms with Gasteiger partial charge in [0.15, 0.2) is 11.4 Å². The topological polar surface area (TPSA) is 104 Å². The molecule has 1 aromatic carbocycles. The Bertz CT molecular complexity index is 816. The van der Waals surface area contributed by atoms with Crippen molar-refractivity contribution in [3.8, 4) is 11.5 Å². The Hall–Kier alpha value is -3.16. The number of nitrogens with one attached hydrogen (secondary N) is 1. The van der Waals surface area contributed by atoms with Crippen molar-refractivity contribution in [2.75, 3.05) is 5.32 Å². The highest BCUT2D eigenvalue weighted by molar-refractivity contribution is 6.15. The lowest BCUT2D eigenvalue weighted by molar-refractivity contribution is -0.222. The summed E-state index contributed by atoms with van der Waals surface area (Å²) >= 11 is 0. The van der Waals surface area contributed by atoms with Gasteiger partial charge in [-0.25, -0.2) is 9.59 Å². The van der Waals surface area contributed by atoms with Gasteiger partial charge in [0.2, 0.25) is 0 Å². The molecular weight excluding hydrogens is 314 g/mol. The summed E-state index contributed by atoms with van der Waals surface area (Å²) in [4.78, 5) is 27.9. The fourth-order valence-corrected chi connectivity index (χ4v) is 2.09. The first kappa shape index (κ1) is 15.7. The first-order valence-electron chi connectivity index (χ1n) is 7.18. The highest BCUT2D eigenvalue weighted by Crippen LogP contribution is 2.24. The molecule has 0 atom stereocenters. The second-order valence-corrected chi connectivity index (χ2v) is 5.61. The highest BCUT2D eigenvalue weighted by Gasteiger charge is 2.38. The third kappa shape index (κ3) is 3.27. The number of benzene rings is 1. The van der Waals surface area contributed by atoms with Gasteiger partial charge in [0.05, 0.1) is 0 Å². The van der Waals surface area contributed by atoms with E-state index in [1.54, 1.807) is 31.2 Å². The van der Waals surface area contributed by atoms with E-state index in [0.717, 1.165) is 0 Å². The lowest BCUT2D eigenvalue weighted by Gasteiger charge is -2.29. The molecule has 1 saturated heterocycles. The SMILES string of the molecule is Cc1noc(-c2cccc(NC=C3C(=O)OC(C)(C)OC3=O)c2)n1. The highest BCUT2D eigenvalue weighted by atomic mass is 16.7. The Morgan fingerprint density at radius 3 is 2.50 bits per heavy atom. The first-order chi connectivity index (χ1) is 11.3. The third-order valence-electron chi connectivity index (χ3n) is 3.14. The van der Waals surface area contributed by atoms with Crippen LogP contribution < -0.4 is 5.32 Å². The minimum absolute atomic E-state index is 0.214. The van der Waals surface area contributed by atoms with Crippen LogP contribution in [0.3, 0.4) is 0 Å². The molecule has 0 saturated carbocycles. The second kappa shape index (κ2) is 5.80. The summed E-state index contributed by atoms with van der Waals surface area (Å²) in [5.74, 6) is -1.84. The van der Waals surface area contributed by atoms with E-state index in [2.05, 4.69) is 15.5 Å². The van der Waals surface area contributed by atoms with E-state index in [1.807, 2.05) is 0 Å². The minimum Gasteiger partial charge on any atom is -0.419 e. The molecule has 1 fully saturated rings. The number of carbonyl (C=O) groups excluding carboxylic acids is 2. The lowest BCUT2D eigenvalue weighted by atomic mass is 10.2. The molecule has 8 heteroatoms. The summed E-state index contributed by atoms with van der Waals surface area (Å²) in [5, 5.41) is 6.60. The van der Waals surface area contributed by atoms with Crippen molar-refractivity contribution in [1.29, 1.82) is 0 Å². The number of aryl methyl sites for hydroxylation is 1. The quantitative estimate of drug-likeness (QED) is 0.519. The maximum atomic E-state index is 11.9. The normalized spacial score (nSPS) is 16.4. The molecule has 3 rings (SSSR count). The summed E-state index contributed by atoms with van der Waals surface area (Å²) in [6.45, 7) is 4.70. The van der Waals surface area contributed by atoms with Crippen molar-refractivity contribution in [1.82, 2.24) is 10.1 Å². The van der Waals surface area contributed by atoms with Gasteiger partial charge in [-0.05, 0) is 25.1 Å². The second-order valence-electron chi connectivity index (χ2n) is 5.61. The van der Waals surface area contributed by atoms with E-state index in [4.69, 9.17) is 14.0 Å². The number of aromatic nitrogens is 2. The van der Waals surface area contributed by atoms with E-state index < -0.39 is 17.7 Å². The van der Waals surface area contributed by atoms with Crippen LogP contribution in [0.2, 0.25) is 0 Å². The van der Waals surface area contributed by atoms with Gasteiger partial charge < -0.3 is 19.3 Å². The third-order valence-corrected chi connectivity index (χ3v) is 3.14. The molecule has 0 spiro atoms. The number of ether oxygens (including phenoxy) is 2. The molecule has 0 unspecified atom stereocenters. The molecule has 2 heterocycles. The molecule has 8 nitrogen and oxygen atoms in total. The average molecular weight is 329 g/mol. The van der Waals surface area contributed by atoms with E-state index >= 15 is 0 Å². The number of esters is 2. The summed E-state index contributed by atoms with van der Waals surface area (Å²) in [6, 6.07) is 7.08. The monoisotopic (exact) mass is 329 g/mol. The largest absolute Gasteiger partial charge is 0.419 e. The molecule has 1 N–H and O–H groups in total. The van der Waals surface area contributed by atoms with Gasteiger partial charge in [-0.3, -0.25) is 0 Å². The van der Waals surface area contributed by atoms with E-state index in [0.29, 0.717) is 23.0 Å². The smallest absolute Gasteiger partial charge is 0.350 e. The molecule has 0 aliphatic carbocycles. The van der Waals surface area contributed by atoms with Crippen LogP contribution in [0.4, 0.5) is 5.69 Å². The molecule has 24 heavy (non-hydrogen) atoms. The van der Waals surface area contributed by atoms with Crippen molar-refractivity contribution in [2.24, 2.45) is 0 Å². The minimum atomic E-state index is -1.26. The summed E-state index contributed by atoms with van der Waals surface area (Å²) in [5.41, 5.74) is 1.11. The maximum absolute atomic E-state index is 11.9. The lowest BCUT2D eigenvalue weighted by Crippen LogP contribution is -2.42. The van der Waals surface area contributed by atoms with Gasteiger partial charge >= 0.3 is 11.9 Å². The first-order valence-corrected chi connectivity index (χ1v) is 7.18. The predicted molar refractivity (Wildman–Crippen MR) is 82.4 cm³/mol. The number of hydrogen-bond donors (Lipinski definition) is 1. The van der Waals surface area contributed by atoms with Crippen LogP contribution in [0.5, 0.6) is 0 Å². The van der Waals surface area contributed by atoms with Crippen LogP contribution in [0.25, 0.3) is 11.5 Å². The van der Waals surface area contributed by atoms with Crippen molar-refractivity contribution >= 4 is 17.6 Å². The Morgan fingerprint density at radius 2 is 1.88 bits per heavy atom. The van der Waals surface area contributed by atoms with Gasteiger partial charge in [-0.15, -0.1) is 0 Å². The zero-order chi connectivity index (χ0) is 17.3. The van der Waals surface area contributed by atoms with Gasteiger partial charge in [0.25, 0.3) is 11.7 Å². The zero-order valence-electron chi connectivity index (χ0n) is 13.3. The van der Waals surface area contributed by atoms with E-state index in [9.17, 15) is 9.59 Å². The summed E-state index contributed by atoms with van der Waals surface area (Å²) in [7, 11) is 0. The number of nitrogens with zero attached hydrogens (tertiary/aromatic N) is 2. The number of anilines is 1. The molecule has 0 amide bonds. The Labute approximate surface area is 137 Å². The van der Waals surface area contributed by atoms with Crippen LogP contribution in [0.15, 0.2) is 40.6 Å². The Kier molecular flexibility index (Phi) is 3.80. The standard InChI is InChI=1S/C16H15N3O5/c1-9-18-13(24-19-9)10-5-4-6-11(7-10)17-8-12-14(20)22-16(2,3)23-15(12)21/h4-8,17H,1-3H3. The van der Waals surface area contributed by atoms with Crippen LogP contribution in [0.1, 0.15) is 19.7 Å². The number of rotatable bonds is 3. The van der Waals surface area contributed by atoms with Gasteiger partial charge in [-0.2, -0.15) is 4.98 Å². The fourth-order valence-electron chi connectivity index (χ4n) is 2.09. The van der Waals surface area contributed by atoms with Gasteiger partial charge in [0, 0.05) is 31.3 Å². The zero-order valence-corrected chi connectivity index (χ0v) is 13.3. The van der Waals surface area contributed by atoms with Crippen molar-refractivity contribution in [2.45, 2.75) is 26.6 Å². The molecule has 2 aromatic rings. The van der Waals surface area contributed by atoms with Crippen molar-refractivity contribution in [3.63, 3.8) is 0 Å². The van der Waals surface area contributed by atoms with Gasteiger partial charge in [0.1, 0.15) is 0 Å². The predicted octanol–water partition coefficient (Wildman–Crippen LogP) is 2.18. The fraction of sp³-hybridized carbons (Fsp3) is 0.250. The molecule has 0 bridgehead atoms. The van der Waals surface area contributed by atoms with E-state index in [-0.39, 0.29) is 5.57 Å². The molecule has 0 radical (unpaired) electrons. The van der Waals surface area contributed by atoms with Crippen LogP contribution in [-0.2, 0) is 19.1 Å². The number of hydrogen-bond acceptors (Lipinski definition) is 8. The van der Waals surface area contributed by atoms with Crippen LogP contribution in [0, 0.1) is 6.92 Å². The van der Waals surface area contributed by atoms with Crippen LogP contribution >= 0.6 is 0 Å². The maximum Gasteiger partial charge on any atom is 0.350 e. The molecular formula is C16H15N3O5. The average Bonchev–Trinajstić information content (AvgIpc) is 2.92. The Balaban J connectivity index is 1.79. The summed E-state index contributed by atoms with van der Waals surface area (Å²) < 4.78 is 15.1. The van der Waals surface area contributed by atoms with Crippen molar-refractivity contribution in [3.05, 3.63) is 41.9 Å². The van der Waals surface area contributed by atoms with Gasteiger partial charge in [-0.1, -0.05) is 11.2 Å². The molecule has 1 aliphatic heterocycles. The molecule has 1 aromatic heterocycles. The van der Waals surface area contributed by atoms with Crippen molar-refractivity contribution < 1.29 is 23.6 Å². The molecule has 1 aliphatic rings. The van der Waals surface area contributed by atoms with E-state index in [1.165, 1.54) is 20.0 Å². The van der Waals surface area contributed by atoms with Crippen LogP contribution in [-0.4, -0.2) is 27.9 Å². The summed E-state index contributed by atoms with van der Waals surface area (Å²) in [6.07, 6.45) is 1.25. The Morgan fingerprint density at radius 1 is 1.17 bits per heavy atom. The molecule has 124 valence electrons. The number of carbonyl (C=O) groups is 2.